The first-order chi connectivity index (χ1) is 12.3. The molecule has 1 aromatic carbocycles. The third-order valence-corrected chi connectivity index (χ3v) is 4.27. The first-order valence-electron chi connectivity index (χ1n) is 8.50. The summed E-state index contributed by atoms with van der Waals surface area (Å²) in [5.41, 5.74) is 1.23. The summed E-state index contributed by atoms with van der Waals surface area (Å²) in [7, 11) is 3.37. The van der Waals surface area contributed by atoms with Gasteiger partial charge < -0.3 is 24.6 Å². The SMILES string of the molecule is COCCNc1nccc(N2CCN(c3ccc(OC)cc3)CC2)n1. The van der Waals surface area contributed by atoms with E-state index in [2.05, 4.69) is 37.2 Å². The summed E-state index contributed by atoms with van der Waals surface area (Å²) < 4.78 is 10.3. The molecule has 3 rings (SSSR count). The van der Waals surface area contributed by atoms with Gasteiger partial charge in [0.05, 0.1) is 13.7 Å². The number of nitrogens with one attached hydrogen (secondary N) is 1. The van der Waals surface area contributed by atoms with Gasteiger partial charge in [-0.1, -0.05) is 0 Å². The van der Waals surface area contributed by atoms with Crippen molar-refractivity contribution in [2.75, 3.05) is 68.7 Å². The Balaban J connectivity index is 1.57. The molecule has 0 radical (unpaired) electrons. The number of hydrogen-bond donors (Lipinski definition) is 1. The predicted octanol–water partition coefficient (Wildman–Crippen LogP) is 1.87. The highest BCUT2D eigenvalue weighted by Crippen LogP contribution is 2.22. The second-order valence-electron chi connectivity index (χ2n) is 5.83. The summed E-state index contributed by atoms with van der Waals surface area (Å²) in [6, 6.07) is 10.2. The van der Waals surface area contributed by atoms with E-state index in [0.29, 0.717) is 19.1 Å². The Hall–Kier alpha value is -2.54. The van der Waals surface area contributed by atoms with E-state index in [0.717, 1.165) is 37.7 Å². The second-order valence-corrected chi connectivity index (χ2v) is 5.83. The average Bonchev–Trinajstić information content (AvgIpc) is 2.69. The van der Waals surface area contributed by atoms with Gasteiger partial charge in [0.25, 0.3) is 0 Å². The van der Waals surface area contributed by atoms with Crippen LogP contribution in [0.25, 0.3) is 0 Å². The molecular weight excluding hydrogens is 318 g/mol. The van der Waals surface area contributed by atoms with Crippen LogP contribution in [-0.4, -0.2) is 63.5 Å². The zero-order valence-corrected chi connectivity index (χ0v) is 14.8. The van der Waals surface area contributed by atoms with Crippen LogP contribution in [0.3, 0.4) is 0 Å². The van der Waals surface area contributed by atoms with Gasteiger partial charge in [0, 0.05) is 51.7 Å². The highest BCUT2D eigenvalue weighted by Gasteiger charge is 2.18. The number of rotatable bonds is 7. The lowest BCUT2D eigenvalue weighted by atomic mass is 10.2. The predicted molar refractivity (Wildman–Crippen MR) is 99.8 cm³/mol. The number of benzene rings is 1. The van der Waals surface area contributed by atoms with Crippen molar-refractivity contribution >= 4 is 17.5 Å². The molecule has 2 heterocycles. The molecule has 0 amide bonds. The van der Waals surface area contributed by atoms with Crippen molar-refractivity contribution in [3.8, 4) is 5.75 Å². The van der Waals surface area contributed by atoms with Gasteiger partial charge in [0.2, 0.25) is 5.95 Å². The van der Waals surface area contributed by atoms with Crippen molar-refractivity contribution in [2.24, 2.45) is 0 Å². The van der Waals surface area contributed by atoms with Crippen LogP contribution < -0.4 is 19.9 Å². The normalized spacial score (nSPS) is 14.5. The Labute approximate surface area is 148 Å². The van der Waals surface area contributed by atoms with Gasteiger partial charge in [-0.25, -0.2) is 4.98 Å². The third-order valence-electron chi connectivity index (χ3n) is 4.27. The fourth-order valence-electron chi connectivity index (χ4n) is 2.86. The van der Waals surface area contributed by atoms with E-state index in [1.807, 2.05) is 18.2 Å². The Morgan fingerprint density at radius 3 is 2.40 bits per heavy atom. The van der Waals surface area contributed by atoms with Crippen LogP contribution in [0.4, 0.5) is 17.5 Å². The maximum atomic E-state index is 5.22. The second kappa shape index (κ2) is 8.53. The lowest BCUT2D eigenvalue weighted by Crippen LogP contribution is -2.46. The van der Waals surface area contributed by atoms with Crippen LogP contribution in [0, 0.1) is 0 Å². The van der Waals surface area contributed by atoms with Crippen molar-refractivity contribution in [1.82, 2.24) is 9.97 Å². The Bertz CT molecular complexity index is 657. The van der Waals surface area contributed by atoms with Gasteiger partial charge in [0.1, 0.15) is 11.6 Å². The number of nitrogens with zero attached hydrogens (tertiary/aromatic N) is 4. The Morgan fingerprint density at radius 2 is 1.72 bits per heavy atom. The van der Waals surface area contributed by atoms with Gasteiger partial charge >= 0.3 is 0 Å². The van der Waals surface area contributed by atoms with Crippen LogP contribution in [0.15, 0.2) is 36.5 Å². The molecule has 1 aliphatic rings. The van der Waals surface area contributed by atoms with Gasteiger partial charge in [0.15, 0.2) is 0 Å². The van der Waals surface area contributed by atoms with E-state index in [4.69, 9.17) is 9.47 Å². The first kappa shape index (κ1) is 17.3. The number of ether oxygens (including phenoxy) is 2. The fraction of sp³-hybridized carbons (Fsp3) is 0.444. The van der Waals surface area contributed by atoms with Crippen LogP contribution in [0.5, 0.6) is 5.75 Å². The van der Waals surface area contributed by atoms with E-state index in [9.17, 15) is 0 Å². The van der Waals surface area contributed by atoms with Gasteiger partial charge in [-0.2, -0.15) is 4.98 Å². The number of hydrogen-bond acceptors (Lipinski definition) is 7. The minimum Gasteiger partial charge on any atom is -0.497 e. The third kappa shape index (κ3) is 4.51. The summed E-state index contributed by atoms with van der Waals surface area (Å²) in [5, 5.41) is 3.17. The molecule has 1 saturated heterocycles. The number of aromatic nitrogens is 2. The lowest BCUT2D eigenvalue weighted by Gasteiger charge is -2.36. The molecule has 0 aliphatic carbocycles. The smallest absolute Gasteiger partial charge is 0.224 e. The van der Waals surface area contributed by atoms with E-state index in [1.54, 1.807) is 20.4 Å². The number of piperazine rings is 1. The molecule has 0 spiro atoms. The molecule has 1 fully saturated rings. The van der Waals surface area contributed by atoms with Crippen molar-refractivity contribution in [3.63, 3.8) is 0 Å². The summed E-state index contributed by atoms with van der Waals surface area (Å²) >= 11 is 0. The Kier molecular flexibility index (Phi) is 5.90. The van der Waals surface area contributed by atoms with Gasteiger partial charge in [-0.15, -0.1) is 0 Å². The van der Waals surface area contributed by atoms with Crippen molar-refractivity contribution in [1.29, 1.82) is 0 Å². The zero-order valence-electron chi connectivity index (χ0n) is 14.8. The molecule has 1 N–H and O–H groups in total. The summed E-state index contributed by atoms with van der Waals surface area (Å²) in [6.07, 6.45) is 1.80. The Morgan fingerprint density at radius 1 is 1.00 bits per heavy atom. The number of methoxy groups -OCH3 is 2. The van der Waals surface area contributed by atoms with E-state index >= 15 is 0 Å². The van der Waals surface area contributed by atoms with Gasteiger partial charge in [-0.05, 0) is 30.3 Å². The molecule has 7 nitrogen and oxygen atoms in total. The molecule has 25 heavy (non-hydrogen) atoms. The zero-order chi connectivity index (χ0) is 17.5. The highest BCUT2D eigenvalue weighted by atomic mass is 16.5. The number of anilines is 3. The summed E-state index contributed by atoms with van der Waals surface area (Å²) in [4.78, 5) is 13.5. The molecule has 0 atom stereocenters. The van der Waals surface area contributed by atoms with Gasteiger partial charge in [-0.3, -0.25) is 0 Å². The highest BCUT2D eigenvalue weighted by molar-refractivity contribution is 5.51. The van der Waals surface area contributed by atoms with Crippen LogP contribution in [0.2, 0.25) is 0 Å². The minimum atomic E-state index is 0.633. The first-order valence-corrected chi connectivity index (χ1v) is 8.50. The standard InChI is InChI=1S/C18H25N5O2/c1-24-14-9-20-18-19-8-7-17(21-18)23-12-10-22(11-13-23)15-3-5-16(25-2)6-4-15/h3-8H,9-14H2,1-2H3,(H,19,20,21). The van der Waals surface area contributed by atoms with E-state index in [1.165, 1.54) is 5.69 Å². The largest absolute Gasteiger partial charge is 0.497 e. The van der Waals surface area contributed by atoms with Crippen molar-refractivity contribution < 1.29 is 9.47 Å². The molecule has 7 heteroatoms. The van der Waals surface area contributed by atoms with Crippen LogP contribution in [-0.2, 0) is 4.74 Å². The molecule has 0 bridgehead atoms. The monoisotopic (exact) mass is 343 g/mol. The molecule has 1 aliphatic heterocycles. The van der Waals surface area contributed by atoms with Crippen LogP contribution >= 0.6 is 0 Å². The van der Waals surface area contributed by atoms with Crippen molar-refractivity contribution in [3.05, 3.63) is 36.5 Å². The molecule has 0 unspecified atom stereocenters. The van der Waals surface area contributed by atoms with E-state index < -0.39 is 0 Å². The molecular formula is C18H25N5O2. The maximum Gasteiger partial charge on any atom is 0.224 e. The molecule has 2 aromatic rings. The fourth-order valence-corrected chi connectivity index (χ4v) is 2.86. The average molecular weight is 343 g/mol. The quantitative estimate of drug-likeness (QED) is 0.770. The van der Waals surface area contributed by atoms with Crippen LogP contribution in [0.1, 0.15) is 0 Å². The molecule has 134 valence electrons. The molecule has 1 aromatic heterocycles. The maximum absolute atomic E-state index is 5.22. The van der Waals surface area contributed by atoms with E-state index in [-0.39, 0.29) is 0 Å². The minimum absolute atomic E-state index is 0.633. The van der Waals surface area contributed by atoms with Crippen molar-refractivity contribution in [2.45, 2.75) is 0 Å². The summed E-state index contributed by atoms with van der Waals surface area (Å²) in [5.74, 6) is 2.49. The lowest BCUT2D eigenvalue weighted by molar-refractivity contribution is 0.210. The molecule has 0 saturated carbocycles. The topological polar surface area (TPSA) is 62.8 Å². The summed E-state index contributed by atoms with van der Waals surface area (Å²) in [6.45, 7) is 5.12.